The Labute approximate surface area is 287 Å². The number of carbonyl (C=O) groups is 2. The molecular formula is C36H72O10P-. The zero-order chi connectivity index (χ0) is 34.3. The van der Waals surface area contributed by atoms with Crippen LogP contribution in [-0.2, 0) is 32.7 Å². The lowest BCUT2D eigenvalue weighted by atomic mass is 10.1. The van der Waals surface area contributed by atoms with E-state index in [1.165, 1.54) is 96.3 Å². The molecule has 282 valence electrons. The highest BCUT2D eigenvalue weighted by atomic mass is 31.2. The molecular weight excluding hydrogens is 623 g/mol. The maximum Gasteiger partial charge on any atom is 0.306 e. The molecule has 47 heavy (non-hydrogen) atoms. The van der Waals surface area contributed by atoms with Crippen molar-refractivity contribution in [3.63, 3.8) is 0 Å². The molecule has 0 aliphatic heterocycles. The van der Waals surface area contributed by atoms with E-state index in [0.717, 1.165) is 38.5 Å². The summed E-state index contributed by atoms with van der Waals surface area (Å²) in [5.41, 5.74) is 0. The van der Waals surface area contributed by atoms with E-state index in [1.807, 2.05) is 0 Å². The summed E-state index contributed by atoms with van der Waals surface area (Å²) in [7, 11) is -4.76. The smallest absolute Gasteiger partial charge is 0.306 e. The highest BCUT2D eigenvalue weighted by Crippen LogP contribution is 2.39. The Kier molecular flexibility index (Phi) is 34.2. The van der Waals surface area contributed by atoms with E-state index in [1.54, 1.807) is 13.8 Å². The quantitative estimate of drug-likeness (QED) is 0.0395. The monoisotopic (exact) mass is 695 g/mol. The Morgan fingerprint density at radius 1 is 0.596 bits per heavy atom. The molecule has 0 aromatic carbocycles. The first-order chi connectivity index (χ1) is 22.1. The third-order valence-electron chi connectivity index (χ3n) is 8.29. The third kappa shape index (κ3) is 33.3. The SMILES string of the molecule is CCCCCCCCCCCCCC(=O)OCC(COP(=O)([O-])OCC(O)C(C)C)OC(=O)CCCCCCCCCCCCC.O. The molecule has 3 atom stereocenters. The fraction of sp³-hybridized carbons (Fsp3) is 0.944. The number of rotatable bonds is 34. The number of hydrogen-bond acceptors (Lipinski definition) is 9. The predicted octanol–water partition coefficient (Wildman–Crippen LogP) is 8.54. The number of carbonyl (C=O) groups excluding carboxylic acids is 2. The summed E-state index contributed by atoms with van der Waals surface area (Å²) in [4.78, 5) is 37.1. The molecule has 0 spiro atoms. The fourth-order valence-electron chi connectivity index (χ4n) is 5.06. The number of hydrogen-bond donors (Lipinski definition) is 1. The maximum absolute atomic E-state index is 12.5. The van der Waals surface area contributed by atoms with Gasteiger partial charge in [0.2, 0.25) is 0 Å². The lowest BCUT2D eigenvalue weighted by Gasteiger charge is -2.27. The highest BCUT2D eigenvalue weighted by molar-refractivity contribution is 7.45. The van der Waals surface area contributed by atoms with Crippen LogP contribution in [0.25, 0.3) is 0 Å². The first kappa shape index (κ1) is 48.1. The van der Waals surface area contributed by atoms with Crippen molar-refractivity contribution in [3.05, 3.63) is 0 Å². The van der Waals surface area contributed by atoms with Crippen molar-refractivity contribution in [2.24, 2.45) is 5.92 Å². The minimum absolute atomic E-state index is 0. The number of phosphoric ester groups is 1. The van der Waals surface area contributed by atoms with Crippen LogP contribution in [-0.4, -0.2) is 54.5 Å². The average molecular weight is 696 g/mol. The van der Waals surface area contributed by atoms with Gasteiger partial charge in [0, 0.05) is 12.8 Å². The second-order valence-electron chi connectivity index (χ2n) is 13.2. The van der Waals surface area contributed by atoms with Crippen LogP contribution in [0.1, 0.15) is 182 Å². The van der Waals surface area contributed by atoms with E-state index in [-0.39, 0.29) is 30.8 Å². The van der Waals surface area contributed by atoms with Crippen LogP contribution in [0.2, 0.25) is 0 Å². The van der Waals surface area contributed by atoms with E-state index in [9.17, 15) is 24.2 Å². The number of unbranched alkanes of at least 4 members (excludes halogenated alkanes) is 20. The molecule has 0 radical (unpaired) electrons. The van der Waals surface area contributed by atoms with Crippen molar-refractivity contribution < 1.29 is 48.2 Å². The molecule has 0 aromatic rings. The molecule has 3 unspecified atom stereocenters. The van der Waals surface area contributed by atoms with Gasteiger partial charge in [-0.3, -0.25) is 14.2 Å². The minimum atomic E-state index is -4.76. The zero-order valence-corrected chi connectivity index (χ0v) is 31.4. The summed E-state index contributed by atoms with van der Waals surface area (Å²) in [5, 5.41) is 9.85. The van der Waals surface area contributed by atoms with E-state index in [4.69, 9.17) is 18.5 Å². The minimum Gasteiger partial charge on any atom is -0.756 e. The van der Waals surface area contributed by atoms with Crippen molar-refractivity contribution >= 4 is 19.8 Å². The van der Waals surface area contributed by atoms with Crippen molar-refractivity contribution in [2.75, 3.05) is 19.8 Å². The van der Waals surface area contributed by atoms with E-state index < -0.39 is 45.2 Å². The summed E-state index contributed by atoms with van der Waals surface area (Å²) in [6, 6.07) is 0. The van der Waals surface area contributed by atoms with Gasteiger partial charge in [0.15, 0.2) is 6.10 Å². The van der Waals surface area contributed by atoms with Crippen LogP contribution < -0.4 is 4.89 Å². The highest BCUT2D eigenvalue weighted by Gasteiger charge is 2.22. The second-order valence-corrected chi connectivity index (χ2v) is 14.6. The lowest BCUT2D eigenvalue weighted by molar-refractivity contribution is -0.230. The van der Waals surface area contributed by atoms with Crippen LogP contribution in [0.15, 0.2) is 0 Å². The van der Waals surface area contributed by atoms with Gasteiger partial charge in [0.25, 0.3) is 7.82 Å². The van der Waals surface area contributed by atoms with Crippen LogP contribution in [0, 0.1) is 5.92 Å². The van der Waals surface area contributed by atoms with Gasteiger partial charge in [0.1, 0.15) is 6.61 Å². The number of phosphoric acid groups is 1. The summed E-state index contributed by atoms with van der Waals surface area (Å²) < 4.78 is 32.7. The van der Waals surface area contributed by atoms with Crippen molar-refractivity contribution in [2.45, 2.75) is 194 Å². The van der Waals surface area contributed by atoms with Crippen LogP contribution in [0.4, 0.5) is 0 Å². The second kappa shape index (κ2) is 33.5. The van der Waals surface area contributed by atoms with Gasteiger partial charge in [-0.25, -0.2) is 0 Å². The lowest BCUT2D eigenvalue weighted by Crippen LogP contribution is -2.31. The Morgan fingerprint density at radius 2 is 0.957 bits per heavy atom. The molecule has 3 N–H and O–H groups in total. The van der Waals surface area contributed by atoms with Gasteiger partial charge in [0.05, 0.1) is 19.3 Å². The predicted molar refractivity (Wildman–Crippen MR) is 187 cm³/mol. The van der Waals surface area contributed by atoms with Crippen molar-refractivity contribution in [3.8, 4) is 0 Å². The number of ether oxygens (including phenoxy) is 2. The molecule has 11 heteroatoms. The average Bonchev–Trinajstić information content (AvgIpc) is 3.02. The molecule has 0 saturated heterocycles. The van der Waals surface area contributed by atoms with E-state index >= 15 is 0 Å². The molecule has 0 aliphatic rings. The molecule has 0 aliphatic carbocycles. The molecule has 0 bridgehead atoms. The molecule has 0 aromatic heterocycles. The van der Waals surface area contributed by atoms with Crippen molar-refractivity contribution in [1.29, 1.82) is 0 Å². The maximum atomic E-state index is 12.5. The molecule has 0 heterocycles. The van der Waals surface area contributed by atoms with Crippen molar-refractivity contribution in [1.82, 2.24) is 0 Å². The Morgan fingerprint density at radius 3 is 1.36 bits per heavy atom. The Bertz CT molecular complexity index is 764. The summed E-state index contributed by atoms with van der Waals surface area (Å²) in [6.45, 7) is 6.66. The standard InChI is InChI=1S/C36H71O9P.H2O/c1-5-7-9-11-13-15-17-19-21-23-25-27-35(38)42-29-33(30-43-46(40,41)44-31-34(37)32(3)4)45-36(39)28-26-24-22-20-18-16-14-12-10-8-6-2;/h32-34,37H,5-31H2,1-4H3,(H,40,41);1H2/p-1. The Hall–Kier alpha value is -1.03. The van der Waals surface area contributed by atoms with Gasteiger partial charge >= 0.3 is 11.9 Å². The summed E-state index contributed by atoms with van der Waals surface area (Å²) >= 11 is 0. The largest absolute Gasteiger partial charge is 0.756 e. The van der Waals surface area contributed by atoms with Gasteiger partial charge in [-0.05, 0) is 18.8 Å². The summed E-state index contributed by atoms with van der Waals surface area (Å²) in [5.74, 6) is -1.09. The van der Waals surface area contributed by atoms with Gasteiger partial charge in [-0.1, -0.05) is 156 Å². The van der Waals surface area contributed by atoms with Gasteiger partial charge in [-0.2, -0.15) is 0 Å². The van der Waals surface area contributed by atoms with Crippen LogP contribution in [0.5, 0.6) is 0 Å². The number of esters is 2. The molecule has 0 fully saturated rings. The van der Waals surface area contributed by atoms with E-state index in [2.05, 4.69) is 13.8 Å². The first-order valence-corrected chi connectivity index (χ1v) is 20.2. The molecule has 0 saturated carbocycles. The van der Waals surface area contributed by atoms with Gasteiger partial charge in [-0.15, -0.1) is 0 Å². The zero-order valence-electron chi connectivity index (χ0n) is 30.5. The Balaban J connectivity index is 0. The van der Waals surface area contributed by atoms with E-state index in [0.29, 0.717) is 6.42 Å². The topological polar surface area (TPSA) is 163 Å². The molecule has 0 amide bonds. The molecule has 10 nitrogen and oxygen atoms in total. The first-order valence-electron chi connectivity index (χ1n) is 18.7. The summed E-state index contributed by atoms with van der Waals surface area (Å²) in [6.07, 6.45) is 24.2. The van der Waals surface area contributed by atoms with Crippen LogP contribution in [0.3, 0.4) is 0 Å². The normalized spacial score (nSPS) is 13.9. The number of aliphatic hydroxyl groups excluding tert-OH is 1. The fourth-order valence-corrected chi connectivity index (χ4v) is 5.82. The van der Waals surface area contributed by atoms with Gasteiger partial charge < -0.3 is 34.0 Å². The van der Waals surface area contributed by atoms with Crippen LogP contribution >= 0.6 is 7.82 Å². The third-order valence-corrected chi connectivity index (χ3v) is 9.22. The number of aliphatic hydroxyl groups is 1. The molecule has 0 rings (SSSR count).